The highest BCUT2D eigenvalue weighted by Crippen LogP contribution is 2.26. The van der Waals surface area contributed by atoms with Crippen molar-refractivity contribution >= 4 is 46.4 Å². The molecule has 0 radical (unpaired) electrons. The molecular formula is C30H24F2N4O. The topological polar surface area (TPSA) is 66.6 Å². The molecule has 0 amide bonds. The first kappa shape index (κ1) is 21.9. The zero-order chi connectivity index (χ0) is 26.2. The molecule has 1 aromatic carbocycles. The average Bonchev–Trinajstić information content (AvgIpc) is 3.67. The van der Waals surface area contributed by atoms with E-state index in [9.17, 15) is 8.78 Å². The summed E-state index contributed by atoms with van der Waals surface area (Å²) < 4.78 is 43.0. The number of halogens is 2. The monoisotopic (exact) mass is 495 g/mol. The standard InChI is InChI=1S/C30H24F2N4O/c1-18(37-12-11-26-28(31)3-2-4-29(26)32)27-16-25-15-23-8-7-21(34-23)13-19-5-6-20(33-19)14-22-9-10-24(35-22)17-30(27)36-25/h2-10,13-18,33,36H,11-12H2,1H3/i16D. The number of aromatic amines is 2. The van der Waals surface area contributed by atoms with Crippen molar-refractivity contribution in [2.75, 3.05) is 6.61 Å². The molecule has 1 unspecified atom stereocenters. The van der Waals surface area contributed by atoms with E-state index >= 15 is 0 Å². The summed E-state index contributed by atoms with van der Waals surface area (Å²) >= 11 is 0. The van der Waals surface area contributed by atoms with Crippen LogP contribution in [0.15, 0.2) is 60.6 Å². The Morgan fingerprint density at radius 1 is 0.811 bits per heavy atom. The fraction of sp³-hybridized carbons (Fsp3) is 0.133. The lowest BCUT2D eigenvalue weighted by molar-refractivity contribution is 0.0684. The van der Waals surface area contributed by atoms with Gasteiger partial charge in [0.05, 0.1) is 36.9 Å². The van der Waals surface area contributed by atoms with Crippen molar-refractivity contribution in [1.82, 2.24) is 19.9 Å². The molecule has 0 spiro atoms. The smallest absolute Gasteiger partial charge is 0.129 e. The lowest BCUT2D eigenvalue weighted by Crippen LogP contribution is -2.06. The predicted molar refractivity (Wildman–Crippen MR) is 143 cm³/mol. The van der Waals surface area contributed by atoms with Crippen LogP contribution in [-0.2, 0) is 11.2 Å². The number of hydrogen-bond donors (Lipinski definition) is 2. The molecule has 184 valence electrons. The number of fused-ring (bicyclic) bond motifs is 8. The molecular weight excluding hydrogens is 470 g/mol. The van der Waals surface area contributed by atoms with E-state index in [4.69, 9.17) is 11.1 Å². The van der Waals surface area contributed by atoms with Gasteiger partial charge in [0.15, 0.2) is 0 Å². The Bertz CT molecular complexity index is 1750. The summed E-state index contributed by atoms with van der Waals surface area (Å²) in [6, 6.07) is 15.7. The average molecular weight is 496 g/mol. The van der Waals surface area contributed by atoms with Crippen molar-refractivity contribution in [3.05, 3.63) is 106 Å². The highest BCUT2D eigenvalue weighted by atomic mass is 19.1. The maximum absolute atomic E-state index is 14.0. The molecule has 3 aromatic heterocycles. The zero-order valence-corrected chi connectivity index (χ0v) is 20.1. The number of ether oxygens (including phenoxy) is 1. The van der Waals surface area contributed by atoms with E-state index in [1.54, 1.807) is 0 Å². The van der Waals surface area contributed by atoms with Crippen molar-refractivity contribution in [3.63, 3.8) is 0 Å². The fourth-order valence-electron chi connectivity index (χ4n) is 4.48. The zero-order valence-electron chi connectivity index (χ0n) is 21.1. The van der Waals surface area contributed by atoms with Crippen LogP contribution in [0.25, 0.3) is 46.4 Å². The summed E-state index contributed by atoms with van der Waals surface area (Å²) in [5, 5.41) is 0. The van der Waals surface area contributed by atoms with Gasteiger partial charge in [0, 0.05) is 39.6 Å². The lowest BCUT2D eigenvalue weighted by atomic mass is 10.1. The third-order valence-corrected chi connectivity index (χ3v) is 6.31. The summed E-state index contributed by atoms with van der Waals surface area (Å²) in [6.07, 6.45) is 7.23. The van der Waals surface area contributed by atoms with Gasteiger partial charge in [-0.25, -0.2) is 18.7 Å². The molecule has 5 heterocycles. The largest absolute Gasteiger partial charge is 0.373 e. The van der Waals surface area contributed by atoms with Crippen LogP contribution in [0.1, 0.15) is 48.3 Å². The summed E-state index contributed by atoms with van der Waals surface area (Å²) in [6.45, 7) is 1.92. The van der Waals surface area contributed by atoms with E-state index in [1.807, 2.05) is 67.6 Å². The van der Waals surface area contributed by atoms with Gasteiger partial charge in [0.1, 0.15) is 11.6 Å². The minimum absolute atomic E-state index is 0.00763. The van der Waals surface area contributed by atoms with Crippen LogP contribution in [0.2, 0.25) is 0 Å². The van der Waals surface area contributed by atoms with Gasteiger partial charge in [-0.2, -0.15) is 0 Å². The second-order valence-corrected chi connectivity index (χ2v) is 8.99. The second-order valence-electron chi connectivity index (χ2n) is 8.99. The third kappa shape index (κ3) is 4.99. The van der Waals surface area contributed by atoms with E-state index in [0.717, 1.165) is 28.1 Å². The van der Waals surface area contributed by atoms with Crippen molar-refractivity contribution in [2.45, 2.75) is 19.4 Å². The fourth-order valence-corrected chi connectivity index (χ4v) is 4.48. The lowest BCUT2D eigenvalue weighted by Gasteiger charge is -2.13. The highest BCUT2D eigenvalue weighted by Gasteiger charge is 2.14. The molecule has 7 heteroatoms. The number of aromatic nitrogens is 4. The molecule has 0 saturated heterocycles. The van der Waals surface area contributed by atoms with Crippen LogP contribution in [0, 0.1) is 11.6 Å². The summed E-state index contributed by atoms with van der Waals surface area (Å²) in [5.74, 6) is -1.19. The van der Waals surface area contributed by atoms with Gasteiger partial charge in [-0.15, -0.1) is 0 Å². The summed E-state index contributed by atoms with van der Waals surface area (Å²) in [5.41, 5.74) is 6.79. The van der Waals surface area contributed by atoms with Crippen LogP contribution in [-0.4, -0.2) is 26.5 Å². The molecule has 37 heavy (non-hydrogen) atoms. The summed E-state index contributed by atoms with van der Waals surface area (Å²) in [4.78, 5) is 16.1. The Hall–Kier alpha value is -4.36. The van der Waals surface area contributed by atoms with Crippen molar-refractivity contribution in [1.29, 1.82) is 0 Å². The SMILES string of the molecule is [2H]c1c(C(C)OCCc2c(F)cccc2F)c2cc3nc(cc4ccc(cc5nc(cc1[nH]2)C=C5)[nH]4)C=C3. The van der Waals surface area contributed by atoms with Gasteiger partial charge < -0.3 is 14.7 Å². The molecule has 1 atom stereocenters. The Morgan fingerprint density at radius 3 is 2.00 bits per heavy atom. The Kier molecular flexibility index (Phi) is 5.68. The van der Waals surface area contributed by atoms with E-state index < -0.39 is 17.7 Å². The first-order chi connectivity index (χ1) is 18.4. The molecule has 2 N–H and O–H groups in total. The number of hydrogen-bond acceptors (Lipinski definition) is 3. The Balaban J connectivity index is 1.43. The quantitative estimate of drug-likeness (QED) is 0.265. The van der Waals surface area contributed by atoms with E-state index in [-0.39, 0.29) is 24.6 Å². The number of rotatable bonds is 5. The maximum atomic E-state index is 14.0. The molecule has 6 rings (SSSR count). The molecule has 2 aliphatic rings. The third-order valence-electron chi connectivity index (χ3n) is 6.31. The summed E-state index contributed by atoms with van der Waals surface area (Å²) in [7, 11) is 0. The molecule has 8 bridgehead atoms. The van der Waals surface area contributed by atoms with Crippen molar-refractivity contribution < 1.29 is 14.9 Å². The minimum atomic E-state index is -0.594. The molecule has 4 aromatic rings. The first-order valence-electron chi connectivity index (χ1n) is 12.6. The highest BCUT2D eigenvalue weighted by molar-refractivity contribution is 5.78. The number of H-pyrrole nitrogens is 2. The normalized spacial score (nSPS) is 13.6. The molecule has 0 saturated carbocycles. The number of nitrogens with zero attached hydrogens (tertiary/aromatic N) is 2. The Labute approximate surface area is 213 Å². The van der Waals surface area contributed by atoms with Gasteiger partial charge >= 0.3 is 0 Å². The Morgan fingerprint density at radius 2 is 1.38 bits per heavy atom. The van der Waals surface area contributed by atoms with Crippen LogP contribution in [0.3, 0.4) is 0 Å². The molecule has 2 aliphatic heterocycles. The van der Waals surface area contributed by atoms with Gasteiger partial charge in [0.2, 0.25) is 0 Å². The molecule has 5 nitrogen and oxygen atoms in total. The van der Waals surface area contributed by atoms with Crippen molar-refractivity contribution in [2.24, 2.45) is 0 Å². The van der Waals surface area contributed by atoms with Gasteiger partial charge in [-0.05, 0) is 85.8 Å². The van der Waals surface area contributed by atoms with E-state index in [2.05, 4.69) is 15.0 Å². The van der Waals surface area contributed by atoms with Gasteiger partial charge in [-0.3, -0.25) is 0 Å². The molecule has 0 aliphatic carbocycles. The number of benzene rings is 1. The molecule has 0 fully saturated rings. The second kappa shape index (κ2) is 9.59. The maximum Gasteiger partial charge on any atom is 0.129 e. The first-order valence-corrected chi connectivity index (χ1v) is 12.1. The van der Waals surface area contributed by atoms with Crippen molar-refractivity contribution in [3.8, 4) is 0 Å². The number of nitrogens with one attached hydrogen (secondary N) is 2. The van der Waals surface area contributed by atoms with E-state index in [1.165, 1.54) is 18.2 Å². The predicted octanol–water partition coefficient (Wildman–Crippen LogP) is 7.25. The minimum Gasteiger partial charge on any atom is -0.373 e. The van der Waals surface area contributed by atoms with Crippen LogP contribution < -0.4 is 0 Å². The van der Waals surface area contributed by atoms with E-state index in [0.29, 0.717) is 22.3 Å². The van der Waals surface area contributed by atoms with Gasteiger partial charge in [0.25, 0.3) is 0 Å². The van der Waals surface area contributed by atoms with Crippen LogP contribution in [0.4, 0.5) is 8.78 Å². The van der Waals surface area contributed by atoms with Crippen LogP contribution in [0.5, 0.6) is 0 Å². The van der Waals surface area contributed by atoms with Gasteiger partial charge in [-0.1, -0.05) is 6.07 Å². The van der Waals surface area contributed by atoms with Crippen LogP contribution >= 0.6 is 0 Å².